The highest BCUT2D eigenvalue weighted by Crippen LogP contribution is 2.18. The molecule has 0 aromatic heterocycles. The smallest absolute Gasteiger partial charge is 0.234 e. The van der Waals surface area contributed by atoms with Crippen LogP contribution in [0, 0.1) is 0 Å². The van der Waals surface area contributed by atoms with Crippen LogP contribution in [0.2, 0.25) is 0 Å². The Hall–Kier alpha value is -1.88. The minimum Gasteiger partial charge on any atom is -0.352 e. The number of carbonyl (C=O) groups is 2. The van der Waals surface area contributed by atoms with E-state index in [0.717, 1.165) is 24.8 Å². The van der Waals surface area contributed by atoms with E-state index < -0.39 is 0 Å². The number of hydrogen-bond donors (Lipinski definition) is 2. The number of hydrogen-bond acceptors (Lipinski definition) is 3. The highest BCUT2D eigenvalue weighted by molar-refractivity contribution is 5.81. The Balaban J connectivity index is 1.74. The molecule has 1 aromatic carbocycles. The monoisotopic (exact) mass is 317 g/mol. The summed E-state index contributed by atoms with van der Waals surface area (Å²) in [5.41, 5.74) is 2.37. The summed E-state index contributed by atoms with van der Waals surface area (Å²) in [6.45, 7) is 4.56. The van der Waals surface area contributed by atoms with E-state index in [1.54, 1.807) is 11.9 Å². The summed E-state index contributed by atoms with van der Waals surface area (Å²) in [7, 11) is 1.78. The quantitative estimate of drug-likeness (QED) is 0.766. The molecule has 0 heterocycles. The Kier molecular flexibility index (Phi) is 6.16. The van der Waals surface area contributed by atoms with Gasteiger partial charge in [0, 0.05) is 6.04 Å². The van der Waals surface area contributed by atoms with Gasteiger partial charge >= 0.3 is 0 Å². The lowest BCUT2D eigenvalue weighted by molar-refractivity contribution is -0.125. The van der Waals surface area contributed by atoms with Crippen molar-refractivity contribution in [3.8, 4) is 0 Å². The summed E-state index contributed by atoms with van der Waals surface area (Å²) in [4.78, 5) is 25.5. The van der Waals surface area contributed by atoms with Crippen LogP contribution in [0.25, 0.3) is 0 Å². The summed E-state index contributed by atoms with van der Waals surface area (Å²) in [6, 6.07) is 8.60. The molecule has 0 saturated heterocycles. The maximum absolute atomic E-state index is 12.1. The third-order valence-electron chi connectivity index (χ3n) is 4.03. The molecule has 0 aliphatic heterocycles. The molecule has 0 bridgehead atoms. The standard InChI is InChI=1S/C18H27N3O2/c1-4-14-5-7-15(8-6-14)13(2)19-17(22)11-21(3)12-18(23)20-16-9-10-16/h5-8,13,16H,4,9-12H2,1-3H3,(H,19,22)(H,20,23)/t13-/m1/s1. The van der Waals surface area contributed by atoms with Crippen LogP contribution >= 0.6 is 0 Å². The first-order valence-corrected chi connectivity index (χ1v) is 8.34. The van der Waals surface area contributed by atoms with E-state index in [1.165, 1.54) is 5.56 Å². The van der Waals surface area contributed by atoms with Crippen molar-refractivity contribution in [1.29, 1.82) is 0 Å². The Bertz CT molecular complexity index is 538. The van der Waals surface area contributed by atoms with Gasteiger partial charge < -0.3 is 10.6 Å². The first kappa shape index (κ1) is 17.5. The number of likely N-dealkylation sites (N-methyl/N-ethyl adjacent to an activating group) is 1. The van der Waals surface area contributed by atoms with Gasteiger partial charge in [-0.05, 0) is 44.4 Å². The third-order valence-corrected chi connectivity index (χ3v) is 4.03. The Labute approximate surface area is 138 Å². The zero-order chi connectivity index (χ0) is 16.8. The topological polar surface area (TPSA) is 61.4 Å². The van der Waals surface area contributed by atoms with Gasteiger partial charge in [0.15, 0.2) is 0 Å². The molecule has 0 spiro atoms. The van der Waals surface area contributed by atoms with Gasteiger partial charge in [-0.2, -0.15) is 0 Å². The van der Waals surface area contributed by atoms with E-state index in [-0.39, 0.29) is 30.9 Å². The molecule has 1 fully saturated rings. The number of aryl methyl sites for hydroxylation is 1. The molecule has 5 heteroatoms. The molecule has 1 aromatic rings. The fraction of sp³-hybridized carbons (Fsp3) is 0.556. The van der Waals surface area contributed by atoms with Gasteiger partial charge in [-0.15, -0.1) is 0 Å². The van der Waals surface area contributed by atoms with Gasteiger partial charge in [0.2, 0.25) is 11.8 Å². The number of carbonyl (C=O) groups excluding carboxylic acids is 2. The second kappa shape index (κ2) is 8.11. The van der Waals surface area contributed by atoms with Crippen LogP contribution in [0.15, 0.2) is 24.3 Å². The molecule has 1 saturated carbocycles. The van der Waals surface area contributed by atoms with Gasteiger partial charge in [-0.1, -0.05) is 31.2 Å². The van der Waals surface area contributed by atoms with E-state index in [9.17, 15) is 9.59 Å². The molecule has 23 heavy (non-hydrogen) atoms. The van der Waals surface area contributed by atoms with Crippen LogP contribution in [0.5, 0.6) is 0 Å². The van der Waals surface area contributed by atoms with Crippen molar-refractivity contribution in [2.75, 3.05) is 20.1 Å². The summed E-state index contributed by atoms with van der Waals surface area (Å²) >= 11 is 0. The van der Waals surface area contributed by atoms with Gasteiger partial charge in [0.05, 0.1) is 19.1 Å². The van der Waals surface area contributed by atoms with Gasteiger partial charge in [0.25, 0.3) is 0 Å². The second-order valence-electron chi connectivity index (χ2n) is 6.40. The van der Waals surface area contributed by atoms with Gasteiger partial charge in [-0.3, -0.25) is 14.5 Å². The number of rotatable bonds is 8. The van der Waals surface area contributed by atoms with Crippen molar-refractivity contribution in [3.63, 3.8) is 0 Å². The molecule has 0 radical (unpaired) electrons. The minimum atomic E-state index is -0.0706. The van der Waals surface area contributed by atoms with Gasteiger partial charge in [-0.25, -0.2) is 0 Å². The lowest BCUT2D eigenvalue weighted by Crippen LogP contribution is -2.41. The van der Waals surface area contributed by atoms with Crippen LogP contribution in [-0.2, 0) is 16.0 Å². The van der Waals surface area contributed by atoms with Crippen molar-refractivity contribution < 1.29 is 9.59 Å². The Morgan fingerprint density at radius 2 is 1.78 bits per heavy atom. The highest BCUT2D eigenvalue weighted by atomic mass is 16.2. The van der Waals surface area contributed by atoms with Crippen LogP contribution in [0.3, 0.4) is 0 Å². The zero-order valence-corrected chi connectivity index (χ0v) is 14.3. The Morgan fingerprint density at radius 1 is 1.17 bits per heavy atom. The molecule has 126 valence electrons. The average Bonchev–Trinajstić information content (AvgIpc) is 3.30. The molecule has 2 N–H and O–H groups in total. The van der Waals surface area contributed by atoms with E-state index >= 15 is 0 Å². The molecule has 1 aliphatic carbocycles. The molecular weight excluding hydrogens is 290 g/mol. The molecule has 0 unspecified atom stereocenters. The molecule has 5 nitrogen and oxygen atoms in total. The van der Waals surface area contributed by atoms with Crippen molar-refractivity contribution in [1.82, 2.24) is 15.5 Å². The number of amides is 2. The predicted octanol–water partition coefficient (Wildman–Crippen LogP) is 1.64. The van der Waals surface area contributed by atoms with Gasteiger partial charge in [0.1, 0.15) is 0 Å². The molecule has 1 atom stereocenters. The highest BCUT2D eigenvalue weighted by Gasteiger charge is 2.23. The first-order valence-electron chi connectivity index (χ1n) is 8.34. The summed E-state index contributed by atoms with van der Waals surface area (Å²) in [6.07, 6.45) is 3.16. The molecule has 2 rings (SSSR count). The maximum atomic E-state index is 12.1. The first-order chi connectivity index (χ1) is 11.0. The summed E-state index contributed by atoms with van der Waals surface area (Å²) < 4.78 is 0. The maximum Gasteiger partial charge on any atom is 0.234 e. The van der Waals surface area contributed by atoms with E-state index in [1.807, 2.05) is 6.92 Å². The van der Waals surface area contributed by atoms with Crippen molar-refractivity contribution in [2.45, 2.75) is 45.2 Å². The lowest BCUT2D eigenvalue weighted by Gasteiger charge is -2.19. The average molecular weight is 317 g/mol. The van der Waals surface area contributed by atoms with Crippen molar-refractivity contribution in [3.05, 3.63) is 35.4 Å². The van der Waals surface area contributed by atoms with Crippen LogP contribution in [0.4, 0.5) is 0 Å². The summed E-state index contributed by atoms with van der Waals surface area (Å²) in [5.74, 6) is -0.0789. The molecular formula is C18H27N3O2. The van der Waals surface area contributed by atoms with E-state index in [0.29, 0.717) is 6.04 Å². The Morgan fingerprint density at radius 3 is 2.35 bits per heavy atom. The minimum absolute atomic E-state index is 0.00833. The largest absolute Gasteiger partial charge is 0.352 e. The number of nitrogens with one attached hydrogen (secondary N) is 2. The van der Waals surface area contributed by atoms with E-state index in [4.69, 9.17) is 0 Å². The normalized spacial score (nSPS) is 15.3. The van der Waals surface area contributed by atoms with Crippen LogP contribution in [0.1, 0.15) is 43.9 Å². The van der Waals surface area contributed by atoms with Crippen LogP contribution in [-0.4, -0.2) is 42.9 Å². The fourth-order valence-corrected chi connectivity index (χ4v) is 2.46. The predicted molar refractivity (Wildman–Crippen MR) is 91.0 cm³/mol. The zero-order valence-electron chi connectivity index (χ0n) is 14.3. The SMILES string of the molecule is CCc1ccc([C@@H](C)NC(=O)CN(C)CC(=O)NC2CC2)cc1. The number of nitrogens with zero attached hydrogens (tertiary/aromatic N) is 1. The summed E-state index contributed by atoms with van der Waals surface area (Å²) in [5, 5.41) is 5.90. The second-order valence-corrected chi connectivity index (χ2v) is 6.40. The van der Waals surface area contributed by atoms with Crippen molar-refractivity contribution in [2.24, 2.45) is 0 Å². The van der Waals surface area contributed by atoms with Crippen molar-refractivity contribution >= 4 is 11.8 Å². The van der Waals surface area contributed by atoms with E-state index in [2.05, 4.69) is 41.8 Å². The molecule has 1 aliphatic rings. The third kappa shape index (κ3) is 6.02. The molecule has 2 amide bonds. The lowest BCUT2D eigenvalue weighted by atomic mass is 10.1. The number of benzene rings is 1. The fourth-order valence-electron chi connectivity index (χ4n) is 2.46. The van der Waals surface area contributed by atoms with Crippen LogP contribution < -0.4 is 10.6 Å².